The summed E-state index contributed by atoms with van der Waals surface area (Å²) in [4.78, 5) is 12.6. The van der Waals surface area contributed by atoms with Gasteiger partial charge in [-0.2, -0.15) is 13.2 Å². The van der Waals surface area contributed by atoms with E-state index in [4.69, 9.17) is 0 Å². The van der Waals surface area contributed by atoms with Crippen LogP contribution in [0.4, 0.5) is 13.2 Å². The van der Waals surface area contributed by atoms with Crippen LogP contribution >= 0.6 is 0 Å². The van der Waals surface area contributed by atoms with Crippen molar-refractivity contribution in [2.75, 3.05) is 13.1 Å². The molecular formula is C8H12F3NO. The number of likely N-dealkylation sites (tertiary alicyclic amines) is 1. The highest BCUT2D eigenvalue weighted by Gasteiger charge is 2.29. The second kappa shape index (κ2) is 3.98. The first-order valence-corrected chi connectivity index (χ1v) is 4.33. The molecule has 1 saturated heterocycles. The average molecular weight is 195 g/mol. The van der Waals surface area contributed by atoms with Gasteiger partial charge in [0.15, 0.2) is 0 Å². The lowest BCUT2D eigenvalue weighted by atomic mass is 10.3. The lowest BCUT2D eigenvalue weighted by molar-refractivity contribution is -0.148. The Labute approximate surface area is 74.7 Å². The Morgan fingerprint density at radius 2 is 1.77 bits per heavy atom. The van der Waals surface area contributed by atoms with Crippen molar-refractivity contribution in [1.82, 2.24) is 4.90 Å². The number of carbonyl (C=O) groups excluding carboxylic acids is 1. The third-order valence-electron chi connectivity index (χ3n) is 2.08. The van der Waals surface area contributed by atoms with E-state index < -0.39 is 19.0 Å². The number of hydrogen-bond acceptors (Lipinski definition) is 1. The molecule has 0 aromatic carbocycles. The Kier molecular flexibility index (Phi) is 3.17. The first-order valence-electron chi connectivity index (χ1n) is 4.33. The highest BCUT2D eigenvalue weighted by molar-refractivity contribution is 5.76. The fourth-order valence-corrected chi connectivity index (χ4v) is 1.37. The molecule has 1 rings (SSSR count). The zero-order valence-electron chi connectivity index (χ0n) is 7.23. The third-order valence-corrected chi connectivity index (χ3v) is 2.08. The standard InChI is InChI=1S/C8H12F3NO/c9-8(10,11)4-3-7(13)12-5-1-2-6-12/h1-6H2. The zero-order valence-corrected chi connectivity index (χ0v) is 7.23. The number of rotatable bonds is 2. The fourth-order valence-electron chi connectivity index (χ4n) is 1.37. The summed E-state index contributed by atoms with van der Waals surface area (Å²) in [5, 5.41) is 0. The van der Waals surface area contributed by atoms with Gasteiger partial charge in [0.05, 0.1) is 6.42 Å². The molecule has 5 heteroatoms. The van der Waals surface area contributed by atoms with Crippen LogP contribution in [-0.2, 0) is 4.79 Å². The minimum absolute atomic E-state index is 0.366. The van der Waals surface area contributed by atoms with Crippen molar-refractivity contribution in [1.29, 1.82) is 0 Å². The van der Waals surface area contributed by atoms with Crippen LogP contribution in [0.3, 0.4) is 0 Å². The van der Waals surface area contributed by atoms with Gasteiger partial charge in [-0.05, 0) is 12.8 Å². The van der Waals surface area contributed by atoms with E-state index in [1.807, 2.05) is 0 Å². The summed E-state index contributed by atoms with van der Waals surface area (Å²) in [6, 6.07) is 0. The molecule has 1 aliphatic rings. The summed E-state index contributed by atoms with van der Waals surface area (Å²) >= 11 is 0. The van der Waals surface area contributed by atoms with Gasteiger partial charge in [-0.1, -0.05) is 0 Å². The maximum atomic E-state index is 11.7. The summed E-state index contributed by atoms with van der Waals surface area (Å²) in [7, 11) is 0. The van der Waals surface area contributed by atoms with Crippen LogP contribution < -0.4 is 0 Å². The van der Waals surface area contributed by atoms with Crippen molar-refractivity contribution in [2.45, 2.75) is 31.9 Å². The minimum atomic E-state index is -4.21. The highest BCUT2D eigenvalue weighted by Crippen LogP contribution is 2.22. The van der Waals surface area contributed by atoms with E-state index >= 15 is 0 Å². The molecule has 2 nitrogen and oxygen atoms in total. The second-order valence-electron chi connectivity index (χ2n) is 3.20. The van der Waals surface area contributed by atoms with Crippen molar-refractivity contribution >= 4 is 5.91 Å². The van der Waals surface area contributed by atoms with Crippen LogP contribution in [0.5, 0.6) is 0 Å². The maximum Gasteiger partial charge on any atom is 0.389 e. The van der Waals surface area contributed by atoms with Gasteiger partial charge in [0.25, 0.3) is 0 Å². The van der Waals surface area contributed by atoms with Gasteiger partial charge in [-0.3, -0.25) is 4.79 Å². The topological polar surface area (TPSA) is 20.3 Å². The van der Waals surface area contributed by atoms with Crippen molar-refractivity contribution in [2.24, 2.45) is 0 Å². The molecule has 0 saturated carbocycles. The Hall–Kier alpha value is -0.740. The van der Waals surface area contributed by atoms with Crippen LogP contribution in [0.1, 0.15) is 25.7 Å². The molecule has 1 fully saturated rings. The molecule has 0 unspecified atom stereocenters. The molecule has 0 aliphatic carbocycles. The molecule has 0 aromatic heterocycles. The van der Waals surface area contributed by atoms with Crippen molar-refractivity contribution in [3.8, 4) is 0 Å². The Bertz CT molecular complexity index is 184. The molecule has 0 spiro atoms. The summed E-state index contributed by atoms with van der Waals surface area (Å²) in [5.41, 5.74) is 0. The van der Waals surface area contributed by atoms with E-state index in [9.17, 15) is 18.0 Å². The zero-order chi connectivity index (χ0) is 9.90. The molecule has 0 atom stereocenters. The lowest BCUT2D eigenvalue weighted by Gasteiger charge is -2.15. The fraction of sp³-hybridized carbons (Fsp3) is 0.875. The largest absolute Gasteiger partial charge is 0.389 e. The van der Waals surface area contributed by atoms with E-state index in [1.54, 1.807) is 0 Å². The molecule has 0 N–H and O–H groups in total. The van der Waals surface area contributed by atoms with Gasteiger partial charge in [0.2, 0.25) is 5.91 Å². The number of carbonyl (C=O) groups is 1. The molecule has 1 amide bonds. The van der Waals surface area contributed by atoms with Gasteiger partial charge >= 0.3 is 6.18 Å². The average Bonchev–Trinajstić information content (AvgIpc) is 2.50. The number of alkyl halides is 3. The smallest absolute Gasteiger partial charge is 0.343 e. The molecule has 1 heterocycles. The van der Waals surface area contributed by atoms with Crippen molar-refractivity contribution in [3.63, 3.8) is 0 Å². The monoisotopic (exact) mass is 195 g/mol. The predicted molar refractivity (Wildman–Crippen MR) is 41.1 cm³/mol. The number of hydrogen-bond donors (Lipinski definition) is 0. The van der Waals surface area contributed by atoms with E-state index in [1.165, 1.54) is 4.90 Å². The molecular weight excluding hydrogens is 183 g/mol. The SMILES string of the molecule is O=C(CCC(F)(F)F)N1CCCC1. The Balaban J connectivity index is 2.25. The van der Waals surface area contributed by atoms with Crippen molar-refractivity contribution in [3.05, 3.63) is 0 Å². The van der Waals surface area contributed by atoms with Gasteiger partial charge in [0, 0.05) is 19.5 Å². The van der Waals surface area contributed by atoms with Gasteiger partial charge in [-0.25, -0.2) is 0 Å². The van der Waals surface area contributed by atoms with Crippen LogP contribution in [0.15, 0.2) is 0 Å². The Morgan fingerprint density at radius 1 is 1.23 bits per heavy atom. The lowest BCUT2D eigenvalue weighted by Crippen LogP contribution is -2.28. The van der Waals surface area contributed by atoms with Crippen LogP contribution in [0, 0.1) is 0 Å². The number of amides is 1. The molecule has 13 heavy (non-hydrogen) atoms. The summed E-state index contributed by atoms with van der Waals surface area (Å²) in [5.74, 6) is -0.366. The van der Waals surface area contributed by atoms with Crippen LogP contribution in [0.25, 0.3) is 0 Å². The van der Waals surface area contributed by atoms with Gasteiger partial charge in [-0.15, -0.1) is 0 Å². The Morgan fingerprint density at radius 3 is 2.23 bits per heavy atom. The number of halogens is 3. The number of nitrogens with zero attached hydrogens (tertiary/aromatic N) is 1. The van der Waals surface area contributed by atoms with Gasteiger partial charge in [0.1, 0.15) is 0 Å². The maximum absolute atomic E-state index is 11.7. The van der Waals surface area contributed by atoms with Crippen LogP contribution in [-0.4, -0.2) is 30.1 Å². The first kappa shape index (κ1) is 10.3. The molecule has 1 aliphatic heterocycles. The quantitative estimate of drug-likeness (QED) is 0.659. The molecule has 76 valence electrons. The summed E-state index contributed by atoms with van der Waals surface area (Å²) < 4.78 is 35.2. The normalized spacial score (nSPS) is 17.9. The van der Waals surface area contributed by atoms with Crippen LogP contribution in [0.2, 0.25) is 0 Å². The third kappa shape index (κ3) is 3.65. The van der Waals surface area contributed by atoms with Crippen molar-refractivity contribution < 1.29 is 18.0 Å². The summed E-state index contributed by atoms with van der Waals surface area (Å²) in [6.07, 6.45) is -3.78. The van der Waals surface area contributed by atoms with Gasteiger partial charge < -0.3 is 4.90 Å². The second-order valence-corrected chi connectivity index (χ2v) is 3.20. The molecule has 0 radical (unpaired) electrons. The first-order chi connectivity index (χ1) is 5.99. The molecule has 0 aromatic rings. The van der Waals surface area contributed by atoms with E-state index in [0.717, 1.165) is 12.8 Å². The van der Waals surface area contributed by atoms with E-state index in [2.05, 4.69) is 0 Å². The highest BCUT2D eigenvalue weighted by atomic mass is 19.4. The van der Waals surface area contributed by atoms with E-state index in [0.29, 0.717) is 13.1 Å². The predicted octanol–water partition coefficient (Wildman–Crippen LogP) is 1.95. The van der Waals surface area contributed by atoms with E-state index in [-0.39, 0.29) is 5.91 Å². The molecule has 0 bridgehead atoms. The minimum Gasteiger partial charge on any atom is -0.343 e. The summed E-state index contributed by atoms with van der Waals surface area (Å²) in [6.45, 7) is 1.24.